The Labute approximate surface area is 175 Å². The number of sulfonamides is 1. The van der Waals surface area contributed by atoms with E-state index in [1.807, 2.05) is 27.0 Å². The van der Waals surface area contributed by atoms with Crippen molar-refractivity contribution in [1.82, 2.24) is 14.5 Å². The molecule has 2 heterocycles. The van der Waals surface area contributed by atoms with Gasteiger partial charge in [0.2, 0.25) is 5.91 Å². The zero-order valence-corrected chi connectivity index (χ0v) is 18.5. The molecule has 1 atom stereocenters. The molecule has 0 saturated carbocycles. The number of anilines is 1. The third-order valence-electron chi connectivity index (χ3n) is 4.93. The van der Waals surface area contributed by atoms with Gasteiger partial charge in [-0.15, -0.1) is 0 Å². The van der Waals surface area contributed by atoms with Crippen LogP contribution >= 0.6 is 0 Å². The number of aromatic nitrogens is 2. The van der Waals surface area contributed by atoms with Crippen LogP contribution in [0, 0.1) is 19.8 Å². The Balaban J connectivity index is 1.77. The first-order valence-electron chi connectivity index (χ1n) is 9.65. The highest BCUT2D eigenvalue weighted by Gasteiger charge is 2.32. The van der Waals surface area contributed by atoms with Crippen LogP contribution in [0.2, 0.25) is 0 Å². The van der Waals surface area contributed by atoms with Gasteiger partial charge in [0.05, 0.1) is 16.3 Å². The van der Waals surface area contributed by atoms with Gasteiger partial charge in [0, 0.05) is 25.7 Å². The van der Waals surface area contributed by atoms with Crippen molar-refractivity contribution in [3.63, 3.8) is 0 Å². The number of aryl methyl sites for hydroxylation is 4. The SMILES string of the molecule is Cc1cc2c(cc1S(=O)(=O)NC(=O)CCc1cn(C)nc1C)O[C@@H](C(C)C)C(=O)N2. The first-order valence-corrected chi connectivity index (χ1v) is 11.1. The van der Waals surface area contributed by atoms with Gasteiger partial charge in [0.15, 0.2) is 6.10 Å². The summed E-state index contributed by atoms with van der Waals surface area (Å²) in [5.41, 5.74) is 2.49. The van der Waals surface area contributed by atoms with E-state index >= 15 is 0 Å². The molecule has 1 aromatic carbocycles. The molecule has 3 rings (SSSR count). The standard InChI is InChI=1S/C20H26N4O5S/c1-11(2)19-20(26)21-15-8-12(3)17(9-16(15)29-19)30(27,28)23-18(25)7-6-14-10-24(5)22-13(14)4/h8-11,19H,6-7H2,1-5H3,(H,21,26)(H,23,25)/t19-/m0/s1. The van der Waals surface area contributed by atoms with Crippen molar-refractivity contribution in [3.05, 3.63) is 35.2 Å². The molecule has 0 fully saturated rings. The molecule has 0 radical (unpaired) electrons. The Kier molecular flexibility index (Phi) is 5.89. The monoisotopic (exact) mass is 434 g/mol. The molecule has 10 heteroatoms. The zero-order chi connectivity index (χ0) is 22.2. The summed E-state index contributed by atoms with van der Waals surface area (Å²) in [6.07, 6.45) is 1.49. The lowest BCUT2D eigenvalue weighted by Crippen LogP contribution is -2.40. The average molecular weight is 435 g/mol. The lowest BCUT2D eigenvalue weighted by Gasteiger charge is -2.29. The highest BCUT2D eigenvalue weighted by atomic mass is 32.2. The first kappa shape index (κ1) is 21.8. The number of nitrogens with zero attached hydrogens (tertiary/aromatic N) is 2. The fraction of sp³-hybridized carbons (Fsp3) is 0.450. The molecule has 30 heavy (non-hydrogen) atoms. The van der Waals surface area contributed by atoms with E-state index in [1.165, 1.54) is 12.1 Å². The van der Waals surface area contributed by atoms with E-state index in [4.69, 9.17) is 4.74 Å². The van der Waals surface area contributed by atoms with Crippen molar-refractivity contribution in [2.75, 3.05) is 5.32 Å². The van der Waals surface area contributed by atoms with Crippen LogP contribution in [0.1, 0.15) is 37.1 Å². The number of hydrogen-bond acceptors (Lipinski definition) is 6. The van der Waals surface area contributed by atoms with Crippen LogP contribution in [0.4, 0.5) is 5.69 Å². The van der Waals surface area contributed by atoms with Gasteiger partial charge >= 0.3 is 0 Å². The highest BCUT2D eigenvalue weighted by molar-refractivity contribution is 7.90. The molecule has 9 nitrogen and oxygen atoms in total. The van der Waals surface area contributed by atoms with Crippen LogP contribution in [0.3, 0.4) is 0 Å². The second kappa shape index (κ2) is 8.10. The summed E-state index contributed by atoms with van der Waals surface area (Å²) in [4.78, 5) is 24.4. The van der Waals surface area contributed by atoms with E-state index in [0.29, 0.717) is 17.7 Å². The second-order valence-electron chi connectivity index (χ2n) is 7.83. The number of amides is 2. The summed E-state index contributed by atoms with van der Waals surface area (Å²) in [5.74, 6) is -0.705. The van der Waals surface area contributed by atoms with Gasteiger partial charge in [-0.3, -0.25) is 14.3 Å². The molecule has 0 saturated heterocycles. The summed E-state index contributed by atoms with van der Waals surface area (Å²) in [5, 5.41) is 6.95. The molecular formula is C20H26N4O5S. The summed E-state index contributed by atoms with van der Waals surface area (Å²) in [6.45, 7) is 7.11. The average Bonchev–Trinajstić information content (AvgIpc) is 2.95. The second-order valence-corrected chi connectivity index (χ2v) is 9.48. The number of carbonyl (C=O) groups excluding carboxylic acids is 2. The van der Waals surface area contributed by atoms with Gasteiger partial charge in [0.1, 0.15) is 5.75 Å². The van der Waals surface area contributed by atoms with Crippen molar-refractivity contribution in [1.29, 1.82) is 0 Å². The molecule has 2 N–H and O–H groups in total. The van der Waals surface area contributed by atoms with E-state index in [9.17, 15) is 18.0 Å². The Morgan fingerprint density at radius 3 is 2.63 bits per heavy atom. The van der Waals surface area contributed by atoms with Gasteiger partial charge in [-0.05, 0) is 43.4 Å². The van der Waals surface area contributed by atoms with Gasteiger partial charge in [-0.2, -0.15) is 5.10 Å². The Morgan fingerprint density at radius 1 is 1.33 bits per heavy atom. The van der Waals surface area contributed by atoms with E-state index < -0.39 is 22.0 Å². The normalized spacial score (nSPS) is 16.1. The lowest BCUT2D eigenvalue weighted by molar-refractivity contribution is -0.125. The van der Waals surface area contributed by atoms with Gasteiger partial charge in [0.25, 0.3) is 15.9 Å². The lowest BCUT2D eigenvalue weighted by atomic mass is 10.0. The number of rotatable bonds is 6. The van der Waals surface area contributed by atoms with Crippen molar-refractivity contribution in [3.8, 4) is 5.75 Å². The molecule has 0 bridgehead atoms. The van der Waals surface area contributed by atoms with E-state index in [-0.39, 0.29) is 28.9 Å². The fourth-order valence-electron chi connectivity index (χ4n) is 3.39. The largest absolute Gasteiger partial charge is 0.478 e. The Morgan fingerprint density at radius 2 is 2.03 bits per heavy atom. The van der Waals surface area contributed by atoms with Crippen LogP contribution in [-0.2, 0) is 33.1 Å². The maximum Gasteiger partial charge on any atom is 0.265 e. The molecule has 0 unspecified atom stereocenters. The van der Waals surface area contributed by atoms with Crippen LogP contribution in [0.15, 0.2) is 23.2 Å². The van der Waals surface area contributed by atoms with Crippen LogP contribution in [-0.4, -0.2) is 36.1 Å². The summed E-state index contributed by atoms with van der Waals surface area (Å²) in [6, 6.07) is 2.88. The fourth-order valence-corrected chi connectivity index (χ4v) is 4.64. The number of ether oxygens (including phenoxy) is 1. The molecule has 162 valence electrons. The Bertz CT molecular complexity index is 1100. The van der Waals surface area contributed by atoms with Crippen LogP contribution in [0.25, 0.3) is 0 Å². The third kappa shape index (κ3) is 4.48. The van der Waals surface area contributed by atoms with Crippen LogP contribution < -0.4 is 14.8 Å². The topological polar surface area (TPSA) is 119 Å². The van der Waals surface area contributed by atoms with E-state index in [2.05, 4.69) is 15.1 Å². The smallest absolute Gasteiger partial charge is 0.265 e. The highest BCUT2D eigenvalue weighted by Crippen LogP contribution is 2.35. The molecular weight excluding hydrogens is 408 g/mol. The minimum Gasteiger partial charge on any atom is -0.478 e. The minimum absolute atomic E-state index is 0.0116. The molecule has 2 aromatic rings. The predicted molar refractivity (Wildman–Crippen MR) is 111 cm³/mol. The minimum atomic E-state index is -4.10. The summed E-state index contributed by atoms with van der Waals surface area (Å²) in [7, 11) is -2.31. The molecule has 1 aliphatic heterocycles. The van der Waals surface area contributed by atoms with Gasteiger partial charge < -0.3 is 10.1 Å². The molecule has 0 aliphatic carbocycles. The maximum absolute atomic E-state index is 12.8. The number of fused-ring (bicyclic) bond motifs is 1. The number of benzene rings is 1. The third-order valence-corrected chi connectivity index (χ3v) is 6.44. The first-order chi connectivity index (χ1) is 14.0. The van der Waals surface area contributed by atoms with Crippen molar-refractivity contribution in [2.24, 2.45) is 13.0 Å². The number of nitrogens with one attached hydrogen (secondary N) is 2. The van der Waals surface area contributed by atoms with Crippen molar-refractivity contribution < 1.29 is 22.7 Å². The van der Waals surface area contributed by atoms with Crippen molar-refractivity contribution >= 4 is 27.5 Å². The molecule has 2 amide bonds. The van der Waals surface area contributed by atoms with E-state index in [1.54, 1.807) is 18.7 Å². The van der Waals surface area contributed by atoms with Crippen molar-refractivity contribution in [2.45, 2.75) is 51.5 Å². The summed E-state index contributed by atoms with van der Waals surface area (Å²) >= 11 is 0. The summed E-state index contributed by atoms with van der Waals surface area (Å²) < 4.78 is 35.1. The number of carbonyl (C=O) groups is 2. The number of hydrogen-bond donors (Lipinski definition) is 2. The van der Waals surface area contributed by atoms with Gasteiger partial charge in [-0.1, -0.05) is 13.8 Å². The molecule has 1 aromatic heterocycles. The zero-order valence-electron chi connectivity index (χ0n) is 17.6. The quantitative estimate of drug-likeness (QED) is 0.716. The maximum atomic E-state index is 12.8. The van der Waals surface area contributed by atoms with Gasteiger partial charge in [-0.25, -0.2) is 13.1 Å². The molecule has 1 aliphatic rings. The predicted octanol–water partition coefficient (Wildman–Crippen LogP) is 1.83. The molecule has 0 spiro atoms. The van der Waals surface area contributed by atoms with Crippen LogP contribution in [0.5, 0.6) is 5.75 Å². The Hall–Kier alpha value is -2.88. The van der Waals surface area contributed by atoms with E-state index in [0.717, 1.165) is 11.3 Å².